The first-order valence-electron chi connectivity index (χ1n) is 11.6. The van der Waals surface area contributed by atoms with Gasteiger partial charge in [0.15, 0.2) is 0 Å². The van der Waals surface area contributed by atoms with Crippen LogP contribution in [0.1, 0.15) is 44.2 Å². The fraction of sp³-hybridized carbons (Fsp3) is 0.500. The zero-order valence-electron chi connectivity index (χ0n) is 18.8. The minimum Gasteiger partial charge on any atom is -0.341 e. The molecule has 3 atom stereocenters. The number of fused-ring (bicyclic) bond motifs is 1. The van der Waals surface area contributed by atoms with Gasteiger partial charge in [0, 0.05) is 25.8 Å². The lowest BCUT2D eigenvalue weighted by Crippen LogP contribution is -2.53. The molecule has 0 radical (unpaired) electrons. The van der Waals surface area contributed by atoms with E-state index in [-0.39, 0.29) is 27.3 Å². The number of sulfonamides is 1. The van der Waals surface area contributed by atoms with Crippen LogP contribution in [0.25, 0.3) is 0 Å². The molecule has 2 fully saturated rings. The molecule has 1 saturated carbocycles. The van der Waals surface area contributed by atoms with Crippen molar-refractivity contribution in [2.24, 2.45) is 11.8 Å². The first-order chi connectivity index (χ1) is 16.3. The van der Waals surface area contributed by atoms with Crippen molar-refractivity contribution in [3.05, 3.63) is 52.3 Å². The van der Waals surface area contributed by atoms with E-state index in [1.807, 2.05) is 0 Å². The van der Waals surface area contributed by atoms with Crippen LogP contribution in [0.3, 0.4) is 0 Å². The smallest absolute Gasteiger partial charge is 0.244 e. The molecular formula is C24H28Cl2N4O3S. The maximum atomic E-state index is 13.6. The number of hydrogen-bond acceptors (Lipinski definition) is 4. The Kier molecular flexibility index (Phi) is 7.88. The van der Waals surface area contributed by atoms with E-state index >= 15 is 0 Å². The van der Waals surface area contributed by atoms with Gasteiger partial charge in [-0.3, -0.25) is 4.79 Å². The summed E-state index contributed by atoms with van der Waals surface area (Å²) in [7, 11) is -4.17. The monoisotopic (exact) mass is 522 g/mol. The van der Waals surface area contributed by atoms with Crippen molar-refractivity contribution in [2.45, 2.75) is 56.0 Å². The summed E-state index contributed by atoms with van der Waals surface area (Å²) in [6.07, 6.45) is 7.61. The first-order valence-corrected chi connectivity index (χ1v) is 13.8. The average Bonchev–Trinajstić information content (AvgIpc) is 3.28. The minimum absolute atomic E-state index is 0.00797. The molecular weight excluding hydrogens is 495 g/mol. The highest BCUT2D eigenvalue weighted by Crippen LogP contribution is 2.36. The Morgan fingerprint density at radius 3 is 2.53 bits per heavy atom. The van der Waals surface area contributed by atoms with Gasteiger partial charge < -0.3 is 9.47 Å². The standard InChI is InChI=1S/C24H28Cl2N4O3S/c25-20-8-3-9-21(26)23(20)34(32,33)28-22(11-14-29-12-4-7-19(29)15-27)24(31)30-13-10-17-5-1-2-6-18(17)16-30/h3-4,7-9,12,17-18,22,28H,1-2,5-6,10-11,13-14,16H2/t17-,18-,22?/m0/s1. The van der Waals surface area contributed by atoms with Crippen LogP contribution in [0, 0.1) is 23.2 Å². The molecule has 1 aromatic heterocycles. The molecule has 1 unspecified atom stereocenters. The van der Waals surface area contributed by atoms with Gasteiger partial charge in [-0.15, -0.1) is 0 Å². The molecule has 10 heteroatoms. The van der Waals surface area contributed by atoms with E-state index in [1.54, 1.807) is 33.9 Å². The average molecular weight is 523 g/mol. The lowest BCUT2D eigenvalue weighted by molar-refractivity contribution is -0.136. The van der Waals surface area contributed by atoms with E-state index in [0.717, 1.165) is 12.8 Å². The molecule has 1 N–H and O–H groups in total. The summed E-state index contributed by atoms with van der Waals surface area (Å²) in [5.41, 5.74) is 0.450. The zero-order valence-corrected chi connectivity index (χ0v) is 21.1. The van der Waals surface area contributed by atoms with Crippen LogP contribution in [-0.2, 0) is 21.4 Å². The van der Waals surface area contributed by atoms with E-state index in [1.165, 1.54) is 31.4 Å². The van der Waals surface area contributed by atoms with Gasteiger partial charge in [-0.2, -0.15) is 9.98 Å². The lowest BCUT2D eigenvalue weighted by Gasteiger charge is -2.42. The number of likely N-dealkylation sites (tertiary alicyclic amines) is 1. The van der Waals surface area contributed by atoms with E-state index in [0.29, 0.717) is 37.2 Å². The molecule has 1 amide bonds. The van der Waals surface area contributed by atoms with E-state index in [2.05, 4.69) is 10.8 Å². The van der Waals surface area contributed by atoms with Crippen molar-refractivity contribution in [3.8, 4) is 6.07 Å². The number of carbonyl (C=O) groups excluding carboxylic acids is 1. The van der Waals surface area contributed by atoms with E-state index in [9.17, 15) is 18.5 Å². The summed E-state index contributed by atoms with van der Waals surface area (Å²) < 4.78 is 30.8. The first kappa shape index (κ1) is 25.1. The molecule has 34 heavy (non-hydrogen) atoms. The third-order valence-corrected chi connectivity index (χ3v) is 9.41. The van der Waals surface area contributed by atoms with Crippen LogP contribution < -0.4 is 4.72 Å². The number of nitriles is 1. The molecule has 2 aromatic rings. The third-order valence-electron chi connectivity index (χ3n) is 6.99. The normalized spacial score (nSPS) is 21.5. The van der Waals surface area contributed by atoms with Gasteiger partial charge in [0.25, 0.3) is 0 Å². The SMILES string of the molecule is N#Cc1cccn1CCC(NS(=O)(=O)c1c(Cl)cccc1Cl)C(=O)N1CC[C@@H]2CCCC[C@H]2C1. The Morgan fingerprint density at radius 1 is 1.12 bits per heavy atom. The molecule has 7 nitrogen and oxygen atoms in total. The summed E-state index contributed by atoms with van der Waals surface area (Å²) in [6, 6.07) is 8.99. The zero-order chi connectivity index (χ0) is 24.3. The van der Waals surface area contributed by atoms with Gasteiger partial charge in [-0.25, -0.2) is 8.42 Å². The van der Waals surface area contributed by atoms with Gasteiger partial charge in [-0.05, 0) is 55.4 Å². The van der Waals surface area contributed by atoms with Crippen molar-refractivity contribution in [3.63, 3.8) is 0 Å². The number of halogens is 2. The second-order valence-electron chi connectivity index (χ2n) is 9.09. The van der Waals surface area contributed by atoms with Gasteiger partial charge >= 0.3 is 0 Å². The number of nitrogens with one attached hydrogen (secondary N) is 1. The van der Waals surface area contributed by atoms with Crippen LogP contribution in [0.15, 0.2) is 41.4 Å². The van der Waals surface area contributed by atoms with Crippen molar-refractivity contribution in [1.29, 1.82) is 5.26 Å². The van der Waals surface area contributed by atoms with Crippen molar-refractivity contribution >= 4 is 39.1 Å². The Balaban J connectivity index is 1.57. The summed E-state index contributed by atoms with van der Waals surface area (Å²) >= 11 is 12.3. The highest BCUT2D eigenvalue weighted by molar-refractivity contribution is 7.89. The van der Waals surface area contributed by atoms with Gasteiger partial charge in [0.1, 0.15) is 22.7 Å². The predicted molar refractivity (Wildman–Crippen MR) is 131 cm³/mol. The highest BCUT2D eigenvalue weighted by Gasteiger charge is 2.37. The van der Waals surface area contributed by atoms with Crippen molar-refractivity contribution in [1.82, 2.24) is 14.2 Å². The molecule has 1 aliphatic heterocycles. The van der Waals surface area contributed by atoms with Gasteiger partial charge in [0.05, 0.1) is 10.0 Å². The van der Waals surface area contributed by atoms with Crippen LogP contribution in [0.5, 0.6) is 0 Å². The Morgan fingerprint density at radius 2 is 1.82 bits per heavy atom. The van der Waals surface area contributed by atoms with Crippen molar-refractivity contribution < 1.29 is 13.2 Å². The Hall–Kier alpha value is -2.05. The number of aromatic nitrogens is 1. The minimum atomic E-state index is -4.17. The number of benzene rings is 1. The molecule has 182 valence electrons. The number of amides is 1. The van der Waals surface area contributed by atoms with Crippen LogP contribution >= 0.6 is 23.2 Å². The van der Waals surface area contributed by atoms with Gasteiger partial charge in [-0.1, -0.05) is 48.5 Å². The summed E-state index contributed by atoms with van der Waals surface area (Å²) in [6.45, 7) is 1.59. The number of aryl methyl sites for hydroxylation is 1. The molecule has 0 bridgehead atoms. The maximum Gasteiger partial charge on any atom is 0.244 e. The largest absolute Gasteiger partial charge is 0.341 e. The quantitative estimate of drug-likeness (QED) is 0.581. The summed E-state index contributed by atoms with van der Waals surface area (Å²) in [5, 5.41) is 9.29. The number of hydrogen-bond donors (Lipinski definition) is 1. The topological polar surface area (TPSA) is 95.2 Å². The molecule has 2 aliphatic rings. The maximum absolute atomic E-state index is 13.6. The molecule has 1 aliphatic carbocycles. The number of piperidine rings is 1. The molecule has 1 aromatic carbocycles. The lowest BCUT2D eigenvalue weighted by atomic mass is 9.75. The number of carbonyl (C=O) groups is 1. The van der Waals surface area contributed by atoms with Crippen molar-refractivity contribution in [2.75, 3.05) is 13.1 Å². The van der Waals surface area contributed by atoms with Crippen LogP contribution in [0.2, 0.25) is 10.0 Å². The Labute approximate surface area is 210 Å². The molecule has 4 rings (SSSR count). The van der Waals surface area contributed by atoms with E-state index in [4.69, 9.17) is 23.2 Å². The molecule has 2 heterocycles. The fourth-order valence-corrected chi connectivity index (χ4v) is 7.59. The van der Waals surface area contributed by atoms with E-state index < -0.39 is 16.1 Å². The summed E-state index contributed by atoms with van der Waals surface area (Å²) in [4.78, 5) is 15.2. The van der Waals surface area contributed by atoms with Crippen LogP contribution in [-0.4, -0.2) is 42.9 Å². The predicted octanol–water partition coefficient (Wildman–Crippen LogP) is 4.44. The fourth-order valence-electron chi connectivity index (χ4n) is 5.22. The second kappa shape index (κ2) is 10.7. The number of nitrogens with zero attached hydrogens (tertiary/aromatic N) is 3. The molecule has 1 saturated heterocycles. The van der Waals surface area contributed by atoms with Crippen LogP contribution in [0.4, 0.5) is 0 Å². The second-order valence-corrected chi connectivity index (χ2v) is 11.6. The molecule has 0 spiro atoms. The Bertz CT molecular complexity index is 1170. The summed E-state index contributed by atoms with van der Waals surface area (Å²) in [5.74, 6) is 0.866. The van der Waals surface area contributed by atoms with Gasteiger partial charge in [0.2, 0.25) is 15.9 Å². The number of rotatable bonds is 7. The third kappa shape index (κ3) is 5.44. The highest BCUT2D eigenvalue weighted by atomic mass is 35.5.